The largest absolute Gasteiger partial charge is 0.337 e. The van der Waals surface area contributed by atoms with Crippen molar-refractivity contribution in [3.63, 3.8) is 0 Å². The molecule has 1 saturated heterocycles. The van der Waals surface area contributed by atoms with Crippen LogP contribution in [0.4, 0.5) is 0 Å². The van der Waals surface area contributed by atoms with E-state index in [0.717, 1.165) is 49.6 Å². The second-order valence-corrected chi connectivity index (χ2v) is 7.95. The molecule has 3 heterocycles. The van der Waals surface area contributed by atoms with Crippen LogP contribution < -0.4 is 0 Å². The summed E-state index contributed by atoms with van der Waals surface area (Å²) in [7, 11) is 0. The van der Waals surface area contributed by atoms with E-state index < -0.39 is 0 Å². The standard InChI is InChI=1S/C24H28N4O/c1-19(2)21-9-6-20(7-10-21)8-11-24(29)27-15-13-26(14-16-27)17-22-18-28-12-4-3-5-23(28)25-22/h3-12,18-19H,13-17H2,1-2H3/b11-8+. The van der Waals surface area contributed by atoms with Crippen LogP contribution in [0.3, 0.4) is 0 Å². The first-order valence-corrected chi connectivity index (χ1v) is 10.3. The quantitative estimate of drug-likeness (QED) is 0.624. The normalized spacial score (nSPS) is 15.6. The number of hydrogen-bond acceptors (Lipinski definition) is 3. The minimum absolute atomic E-state index is 0.0883. The van der Waals surface area contributed by atoms with Gasteiger partial charge in [0.15, 0.2) is 0 Å². The fourth-order valence-electron chi connectivity index (χ4n) is 3.68. The lowest BCUT2D eigenvalue weighted by Crippen LogP contribution is -2.47. The zero-order valence-electron chi connectivity index (χ0n) is 17.2. The van der Waals surface area contributed by atoms with E-state index in [4.69, 9.17) is 0 Å². The molecule has 1 fully saturated rings. The average molecular weight is 389 g/mol. The first-order valence-electron chi connectivity index (χ1n) is 10.3. The Balaban J connectivity index is 1.28. The lowest BCUT2D eigenvalue weighted by Gasteiger charge is -2.33. The van der Waals surface area contributed by atoms with Gasteiger partial charge in [0.05, 0.1) is 5.69 Å². The van der Waals surface area contributed by atoms with Gasteiger partial charge in [-0.05, 0) is 35.3 Å². The Labute approximate surface area is 172 Å². The molecule has 0 unspecified atom stereocenters. The fourth-order valence-corrected chi connectivity index (χ4v) is 3.68. The number of fused-ring (bicyclic) bond motifs is 1. The molecule has 0 saturated carbocycles. The number of carbonyl (C=O) groups excluding carboxylic acids is 1. The molecule has 0 spiro atoms. The van der Waals surface area contributed by atoms with Crippen LogP contribution in [0.2, 0.25) is 0 Å². The van der Waals surface area contributed by atoms with E-state index in [1.54, 1.807) is 6.08 Å². The van der Waals surface area contributed by atoms with Gasteiger partial charge >= 0.3 is 0 Å². The van der Waals surface area contributed by atoms with Crippen LogP contribution in [-0.4, -0.2) is 51.3 Å². The molecule has 4 rings (SSSR count). The Bertz CT molecular complexity index is 962. The summed E-state index contributed by atoms with van der Waals surface area (Å²) < 4.78 is 2.05. The van der Waals surface area contributed by atoms with Gasteiger partial charge < -0.3 is 9.30 Å². The molecule has 29 heavy (non-hydrogen) atoms. The molecular formula is C24H28N4O. The van der Waals surface area contributed by atoms with Crippen LogP contribution in [0.25, 0.3) is 11.7 Å². The predicted octanol–water partition coefficient (Wildman–Crippen LogP) is 3.82. The maximum absolute atomic E-state index is 12.5. The Morgan fingerprint density at radius 2 is 1.83 bits per heavy atom. The summed E-state index contributed by atoms with van der Waals surface area (Å²) in [5.41, 5.74) is 4.42. The fraction of sp³-hybridized carbons (Fsp3) is 0.333. The highest BCUT2D eigenvalue weighted by Gasteiger charge is 2.20. The van der Waals surface area contributed by atoms with Gasteiger partial charge in [-0.1, -0.05) is 44.2 Å². The lowest BCUT2D eigenvalue weighted by molar-refractivity contribution is -0.127. The number of benzene rings is 1. The monoisotopic (exact) mass is 388 g/mol. The van der Waals surface area contributed by atoms with Crippen LogP contribution in [0.1, 0.15) is 36.6 Å². The van der Waals surface area contributed by atoms with E-state index in [1.807, 2.05) is 39.8 Å². The van der Waals surface area contributed by atoms with Crippen molar-refractivity contribution in [3.8, 4) is 0 Å². The lowest BCUT2D eigenvalue weighted by atomic mass is 10.0. The van der Waals surface area contributed by atoms with E-state index in [1.165, 1.54) is 5.56 Å². The molecule has 1 aromatic carbocycles. The highest BCUT2D eigenvalue weighted by atomic mass is 16.2. The van der Waals surface area contributed by atoms with Crippen LogP contribution in [0, 0.1) is 0 Å². The maximum atomic E-state index is 12.5. The molecular weight excluding hydrogens is 360 g/mol. The molecule has 5 heteroatoms. The van der Waals surface area contributed by atoms with E-state index >= 15 is 0 Å². The maximum Gasteiger partial charge on any atom is 0.246 e. The molecule has 0 aliphatic carbocycles. The Morgan fingerprint density at radius 1 is 1.07 bits per heavy atom. The SMILES string of the molecule is CC(C)c1ccc(/C=C/C(=O)N2CCN(Cc3cn4ccccc4n3)CC2)cc1. The first kappa shape index (κ1) is 19.4. The molecule has 150 valence electrons. The van der Waals surface area contributed by atoms with Crippen LogP contribution in [0.15, 0.2) is 60.9 Å². The van der Waals surface area contributed by atoms with Crippen molar-refractivity contribution in [2.75, 3.05) is 26.2 Å². The van der Waals surface area contributed by atoms with Crippen molar-refractivity contribution in [3.05, 3.63) is 77.8 Å². The number of piperazine rings is 1. The second-order valence-electron chi connectivity index (χ2n) is 7.95. The van der Waals surface area contributed by atoms with Gasteiger partial charge in [-0.15, -0.1) is 0 Å². The third kappa shape index (κ3) is 4.74. The van der Waals surface area contributed by atoms with Gasteiger partial charge in [0.1, 0.15) is 5.65 Å². The Morgan fingerprint density at radius 3 is 2.52 bits per heavy atom. The van der Waals surface area contributed by atoms with Crippen molar-refractivity contribution in [1.82, 2.24) is 19.2 Å². The molecule has 3 aromatic rings. The molecule has 1 aliphatic rings. The Kier molecular flexibility index (Phi) is 5.76. The van der Waals surface area contributed by atoms with Crippen LogP contribution in [-0.2, 0) is 11.3 Å². The third-order valence-electron chi connectivity index (χ3n) is 5.50. The second kappa shape index (κ2) is 8.62. The van der Waals surface area contributed by atoms with E-state index in [0.29, 0.717) is 5.92 Å². The highest BCUT2D eigenvalue weighted by Crippen LogP contribution is 2.16. The minimum Gasteiger partial charge on any atom is -0.337 e. The number of hydrogen-bond donors (Lipinski definition) is 0. The summed E-state index contributed by atoms with van der Waals surface area (Å²) in [6.45, 7) is 8.44. The highest BCUT2D eigenvalue weighted by molar-refractivity contribution is 5.91. The number of carbonyl (C=O) groups is 1. The smallest absolute Gasteiger partial charge is 0.246 e. The summed E-state index contributed by atoms with van der Waals surface area (Å²) >= 11 is 0. The number of rotatable bonds is 5. The van der Waals surface area contributed by atoms with Crippen molar-refractivity contribution in [1.29, 1.82) is 0 Å². The molecule has 0 bridgehead atoms. The number of imidazole rings is 1. The topological polar surface area (TPSA) is 40.9 Å². The average Bonchev–Trinajstić information content (AvgIpc) is 3.15. The molecule has 0 N–H and O–H groups in total. The van der Waals surface area contributed by atoms with Crippen LogP contribution >= 0.6 is 0 Å². The summed E-state index contributed by atoms with van der Waals surface area (Å²) in [6.07, 6.45) is 7.71. The van der Waals surface area contributed by atoms with Gasteiger partial charge in [-0.25, -0.2) is 4.98 Å². The minimum atomic E-state index is 0.0883. The number of pyridine rings is 1. The Hall–Kier alpha value is -2.92. The number of nitrogens with zero attached hydrogens (tertiary/aromatic N) is 4. The van der Waals surface area contributed by atoms with Gasteiger partial charge in [0.2, 0.25) is 5.91 Å². The van der Waals surface area contributed by atoms with Crippen molar-refractivity contribution >= 4 is 17.6 Å². The van der Waals surface area contributed by atoms with Crippen LogP contribution in [0.5, 0.6) is 0 Å². The van der Waals surface area contributed by atoms with Gasteiger partial charge in [0, 0.05) is 51.2 Å². The molecule has 5 nitrogen and oxygen atoms in total. The molecule has 2 aromatic heterocycles. The zero-order valence-corrected chi connectivity index (χ0v) is 17.2. The molecule has 1 amide bonds. The van der Waals surface area contributed by atoms with Crippen molar-refractivity contribution in [2.24, 2.45) is 0 Å². The summed E-state index contributed by atoms with van der Waals surface area (Å²) in [5, 5.41) is 0. The predicted molar refractivity (Wildman–Crippen MR) is 117 cm³/mol. The van der Waals surface area contributed by atoms with E-state index in [-0.39, 0.29) is 5.91 Å². The van der Waals surface area contributed by atoms with Crippen molar-refractivity contribution < 1.29 is 4.79 Å². The number of amides is 1. The molecule has 1 aliphatic heterocycles. The zero-order chi connectivity index (χ0) is 20.2. The molecule has 0 radical (unpaired) electrons. The van der Waals surface area contributed by atoms with E-state index in [2.05, 4.69) is 54.2 Å². The van der Waals surface area contributed by atoms with E-state index in [9.17, 15) is 4.79 Å². The van der Waals surface area contributed by atoms with Gasteiger partial charge in [0.25, 0.3) is 0 Å². The van der Waals surface area contributed by atoms with Crippen molar-refractivity contribution in [2.45, 2.75) is 26.3 Å². The summed E-state index contributed by atoms with van der Waals surface area (Å²) in [5.74, 6) is 0.608. The summed E-state index contributed by atoms with van der Waals surface area (Å²) in [6, 6.07) is 14.4. The number of aromatic nitrogens is 2. The summed E-state index contributed by atoms with van der Waals surface area (Å²) in [4.78, 5) is 21.5. The van der Waals surface area contributed by atoms with Gasteiger partial charge in [-0.3, -0.25) is 9.69 Å². The molecule has 0 atom stereocenters. The van der Waals surface area contributed by atoms with Gasteiger partial charge in [-0.2, -0.15) is 0 Å². The first-order chi connectivity index (χ1) is 14.1. The third-order valence-corrected chi connectivity index (χ3v) is 5.50.